The van der Waals surface area contributed by atoms with Gasteiger partial charge in [0.15, 0.2) is 0 Å². The van der Waals surface area contributed by atoms with Crippen LogP contribution in [0.3, 0.4) is 0 Å². The van der Waals surface area contributed by atoms with Crippen molar-refractivity contribution < 1.29 is 19.1 Å². The first-order valence-electron chi connectivity index (χ1n) is 3.57. The molecule has 0 spiro atoms. The van der Waals surface area contributed by atoms with Gasteiger partial charge < -0.3 is 9.47 Å². The maximum atomic E-state index is 11.0. The van der Waals surface area contributed by atoms with E-state index in [-0.39, 0.29) is 5.76 Å². The predicted molar refractivity (Wildman–Crippen MR) is 50.2 cm³/mol. The van der Waals surface area contributed by atoms with Crippen molar-refractivity contribution in [3.63, 3.8) is 0 Å². The van der Waals surface area contributed by atoms with Crippen molar-refractivity contribution in [2.75, 3.05) is 19.1 Å². The Hall–Kier alpha value is -0.970. The van der Waals surface area contributed by atoms with Crippen molar-refractivity contribution in [1.29, 1.82) is 0 Å². The van der Waals surface area contributed by atoms with E-state index in [2.05, 4.69) is 9.47 Å². The van der Waals surface area contributed by atoms with Gasteiger partial charge in [0.25, 0.3) is 0 Å². The lowest BCUT2D eigenvalue weighted by atomic mass is 10.4. The zero-order valence-corrected chi connectivity index (χ0v) is 8.64. The Morgan fingerprint density at radius 1 is 1.46 bits per heavy atom. The van der Waals surface area contributed by atoms with Crippen LogP contribution in [0.2, 0.25) is 0 Å². The van der Waals surface area contributed by atoms with Crippen LogP contribution in [-0.2, 0) is 19.1 Å². The van der Waals surface area contributed by atoms with E-state index in [1.165, 1.54) is 31.9 Å². The Labute approximate surface area is 81.3 Å². The summed E-state index contributed by atoms with van der Waals surface area (Å²) in [5.41, 5.74) is 0. The van der Waals surface area contributed by atoms with Crippen LogP contribution < -0.4 is 0 Å². The maximum Gasteiger partial charge on any atom is 0.373 e. The summed E-state index contributed by atoms with van der Waals surface area (Å²) in [5, 5.41) is 0. The van der Waals surface area contributed by atoms with Crippen molar-refractivity contribution in [2.45, 2.75) is 6.92 Å². The molecule has 0 aliphatic heterocycles. The molecule has 0 aliphatic carbocycles. The van der Waals surface area contributed by atoms with E-state index in [0.717, 1.165) is 0 Å². The maximum absolute atomic E-state index is 11.0. The van der Waals surface area contributed by atoms with Gasteiger partial charge in [0.05, 0.1) is 7.11 Å². The number of esters is 2. The predicted octanol–water partition coefficient (Wildman–Crippen LogP) is 0.969. The van der Waals surface area contributed by atoms with Crippen LogP contribution in [-0.4, -0.2) is 31.1 Å². The first-order chi connectivity index (χ1) is 6.11. The highest BCUT2D eigenvalue weighted by molar-refractivity contribution is 7.98. The second-order valence-corrected chi connectivity index (χ2v) is 3.02. The van der Waals surface area contributed by atoms with Gasteiger partial charge in [-0.2, -0.15) is 11.8 Å². The first-order valence-corrected chi connectivity index (χ1v) is 4.97. The Balaban J connectivity index is 4.35. The third-order valence-electron chi connectivity index (χ3n) is 1.08. The van der Waals surface area contributed by atoms with Gasteiger partial charge in [0, 0.05) is 12.7 Å². The summed E-state index contributed by atoms with van der Waals surface area (Å²) in [6.45, 7) is 1.23. The van der Waals surface area contributed by atoms with Gasteiger partial charge in [-0.25, -0.2) is 4.79 Å². The topological polar surface area (TPSA) is 52.6 Å². The molecule has 0 saturated carbocycles. The van der Waals surface area contributed by atoms with Crippen LogP contribution in [0.4, 0.5) is 0 Å². The highest BCUT2D eigenvalue weighted by Crippen LogP contribution is 2.03. The normalized spacial score (nSPS) is 10.8. The van der Waals surface area contributed by atoms with E-state index in [9.17, 15) is 9.59 Å². The van der Waals surface area contributed by atoms with Crippen molar-refractivity contribution in [1.82, 2.24) is 0 Å². The molecule has 0 rings (SSSR count). The summed E-state index contributed by atoms with van der Waals surface area (Å²) in [6.07, 6.45) is 3.39. The summed E-state index contributed by atoms with van der Waals surface area (Å²) in [4.78, 5) is 21.5. The second kappa shape index (κ2) is 6.54. The Morgan fingerprint density at radius 3 is 2.46 bits per heavy atom. The largest absolute Gasteiger partial charge is 0.463 e. The minimum atomic E-state index is -0.635. The summed E-state index contributed by atoms with van der Waals surface area (Å²) < 4.78 is 9.06. The van der Waals surface area contributed by atoms with Crippen LogP contribution in [0, 0.1) is 0 Å². The van der Waals surface area contributed by atoms with Crippen molar-refractivity contribution in [2.24, 2.45) is 0 Å². The molecule has 0 bridgehead atoms. The molecule has 0 heterocycles. The number of hydrogen-bond donors (Lipinski definition) is 0. The van der Waals surface area contributed by atoms with Crippen LogP contribution in [0.5, 0.6) is 0 Å². The smallest absolute Gasteiger partial charge is 0.373 e. The monoisotopic (exact) mass is 204 g/mol. The zero-order valence-electron chi connectivity index (χ0n) is 7.83. The lowest BCUT2D eigenvalue weighted by Crippen LogP contribution is -2.11. The Morgan fingerprint density at radius 2 is 2.08 bits per heavy atom. The minimum Gasteiger partial charge on any atom is -0.463 e. The summed E-state index contributed by atoms with van der Waals surface area (Å²) in [7, 11) is 1.23. The van der Waals surface area contributed by atoms with Crippen LogP contribution in [0.25, 0.3) is 0 Å². The average Bonchev–Trinajstić information content (AvgIpc) is 2.10. The van der Waals surface area contributed by atoms with Crippen molar-refractivity contribution in [3.05, 3.63) is 11.8 Å². The van der Waals surface area contributed by atoms with E-state index < -0.39 is 11.9 Å². The molecular formula is C8H12O4S. The molecule has 4 nitrogen and oxygen atoms in total. The molecule has 0 aromatic carbocycles. The number of rotatable bonds is 4. The van der Waals surface area contributed by atoms with Gasteiger partial charge in [0.1, 0.15) is 0 Å². The fraction of sp³-hybridized carbons (Fsp3) is 0.500. The number of ether oxygens (including phenoxy) is 2. The molecule has 0 aromatic rings. The third kappa shape index (κ3) is 5.30. The molecule has 0 unspecified atom stereocenters. The molecule has 0 N–H and O–H groups in total. The SMILES string of the molecule is COC(=O)/C(=C/CSC)OC(C)=O. The summed E-state index contributed by atoms with van der Waals surface area (Å²) >= 11 is 1.51. The van der Waals surface area contributed by atoms with Crippen molar-refractivity contribution >= 4 is 23.7 Å². The molecule has 0 radical (unpaired) electrons. The van der Waals surface area contributed by atoms with E-state index in [0.29, 0.717) is 5.75 Å². The zero-order chi connectivity index (χ0) is 10.3. The van der Waals surface area contributed by atoms with Crippen LogP contribution >= 0.6 is 11.8 Å². The molecular weight excluding hydrogens is 192 g/mol. The van der Waals surface area contributed by atoms with Gasteiger partial charge >= 0.3 is 11.9 Å². The first kappa shape index (κ1) is 12.0. The number of carbonyl (C=O) groups excluding carboxylic acids is 2. The second-order valence-electron chi connectivity index (χ2n) is 2.11. The van der Waals surface area contributed by atoms with Crippen LogP contribution in [0.1, 0.15) is 6.92 Å². The van der Waals surface area contributed by atoms with E-state index in [4.69, 9.17) is 0 Å². The molecule has 0 saturated heterocycles. The molecule has 0 fully saturated rings. The summed E-state index contributed by atoms with van der Waals surface area (Å²) in [5.74, 6) is -0.621. The highest BCUT2D eigenvalue weighted by Gasteiger charge is 2.12. The Bertz CT molecular complexity index is 222. The Kier molecular flexibility index (Phi) is 6.05. The fourth-order valence-electron chi connectivity index (χ4n) is 0.581. The van der Waals surface area contributed by atoms with E-state index >= 15 is 0 Å². The highest BCUT2D eigenvalue weighted by atomic mass is 32.2. The molecule has 0 aliphatic rings. The number of hydrogen-bond acceptors (Lipinski definition) is 5. The minimum absolute atomic E-state index is 0.0515. The molecule has 0 amide bonds. The molecule has 5 heteroatoms. The number of carbonyl (C=O) groups is 2. The number of thioether (sulfide) groups is 1. The summed E-state index contributed by atoms with van der Waals surface area (Å²) in [6, 6.07) is 0. The van der Waals surface area contributed by atoms with E-state index in [1.807, 2.05) is 6.26 Å². The van der Waals surface area contributed by atoms with Crippen molar-refractivity contribution in [3.8, 4) is 0 Å². The molecule has 0 aromatic heterocycles. The van der Waals surface area contributed by atoms with Gasteiger partial charge in [0.2, 0.25) is 5.76 Å². The fourth-order valence-corrected chi connectivity index (χ4v) is 0.899. The molecule has 13 heavy (non-hydrogen) atoms. The number of methoxy groups -OCH3 is 1. The quantitative estimate of drug-likeness (QED) is 0.388. The molecule has 74 valence electrons. The van der Waals surface area contributed by atoms with E-state index in [1.54, 1.807) is 0 Å². The van der Waals surface area contributed by atoms with Gasteiger partial charge in [-0.15, -0.1) is 0 Å². The molecule has 0 atom stereocenters. The average molecular weight is 204 g/mol. The van der Waals surface area contributed by atoms with Gasteiger partial charge in [-0.05, 0) is 12.3 Å². The van der Waals surface area contributed by atoms with Crippen LogP contribution in [0.15, 0.2) is 11.8 Å². The standard InChI is InChI=1S/C8H12O4S/c1-6(9)12-7(4-5-13-3)8(10)11-2/h4H,5H2,1-3H3/b7-4-. The third-order valence-corrected chi connectivity index (χ3v) is 1.58. The van der Waals surface area contributed by atoms with Gasteiger partial charge in [-0.3, -0.25) is 4.79 Å². The lowest BCUT2D eigenvalue weighted by molar-refractivity contribution is -0.148. The lowest BCUT2D eigenvalue weighted by Gasteiger charge is -2.03. The van der Waals surface area contributed by atoms with Gasteiger partial charge in [-0.1, -0.05) is 0 Å².